The summed E-state index contributed by atoms with van der Waals surface area (Å²) in [6, 6.07) is 7.36. The summed E-state index contributed by atoms with van der Waals surface area (Å²) >= 11 is 5.15. The molecule has 26 heavy (non-hydrogen) atoms. The van der Waals surface area contributed by atoms with Gasteiger partial charge in [0.05, 0.1) is 33.4 Å². The second-order valence-electron chi connectivity index (χ2n) is 5.98. The van der Waals surface area contributed by atoms with Crippen LogP contribution in [0.1, 0.15) is 6.42 Å². The molecule has 1 aromatic rings. The lowest BCUT2D eigenvalue weighted by Gasteiger charge is -2.23. The number of carbonyl (C=O) groups excluding carboxylic acids is 1. The largest absolute Gasteiger partial charge is 0.497 e. The molecule has 8 nitrogen and oxygen atoms in total. The first-order valence-corrected chi connectivity index (χ1v) is 9.20. The molecular formula is C17H28N5O3S+. The third-order valence-electron chi connectivity index (χ3n) is 4.05. The fourth-order valence-corrected chi connectivity index (χ4v) is 2.71. The van der Waals surface area contributed by atoms with E-state index in [9.17, 15) is 4.79 Å². The van der Waals surface area contributed by atoms with Gasteiger partial charge < -0.3 is 25.0 Å². The smallest absolute Gasteiger partial charge is 0.257 e. The van der Waals surface area contributed by atoms with Gasteiger partial charge in [0.15, 0.2) is 5.11 Å². The van der Waals surface area contributed by atoms with Gasteiger partial charge in [-0.1, -0.05) is 0 Å². The first-order valence-electron chi connectivity index (χ1n) is 8.79. The average molecular weight is 383 g/mol. The van der Waals surface area contributed by atoms with Crippen molar-refractivity contribution in [1.29, 1.82) is 0 Å². The zero-order valence-corrected chi connectivity index (χ0v) is 15.9. The van der Waals surface area contributed by atoms with E-state index in [0.717, 1.165) is 57.3 Å². The molecule has 9 heteroatoms. The number of methoxy groups -OCH3 is 1. The Bertz CT molecular complexity index is 564. The minimum Gasteiger partial charge on any atom is -0.497 e. The Morgan fingerprint density at radius 1 is 1.23 bits per heavy atom. The lowest BCUT2D eigenvalue weighted by molar-refractivity contribution is -0.908. The van der Waals surface area contributed by atoms with Crippen LogP contribution < -0.4 is 31.1 Å². The predicted octanol–water partition coefficient (Wildman–Crippen LogP) is -1.09. The maximum atomic E-state index is 11.8. The summed E-state index contributed by atoms with van der Waals surface area (Å²) < 4.78 is 10.4. The zero-order chi connectivity index (χ0) is 18.6. The van der Waals surface area contributed by atoms with Crippen LogP contribution >= 0.6 is 12.2 Å². The van der Waals surface area contributed by atoms with E-state index >= 15 is 0 Å². The second kappa shape index (κ2) is 11.5. The van der Waals surface area contributed by atoms with Gasteiger partial charge in [0.2, 0.25) is 0 Å². The van der Waals surface area contributed by atoms with Gasteiger partial charge in [-0.15, -0.1) is 0 Å². The van der Waals surface area contributed by atoms with Crippen LogP contribution in [0.15, 0.2) is 24.3 Å². The maximum absolute atomic E-state index is 11.8. The molecule has 1 amide bonds. The van der Waals surface area contributed by atoms with Crippen LogP contribution in [0.2, 0.25) is 0 Å². The van der Waals surface area contributed by atoms with E-state index in [0.29, 0.717) is 5.11 Å². The lowest BCUT2D eigenvalue weighted by atomic mass is 10.3. The molecule has 1 aliphatic rings. The fraction of sp³-hybridized carbons (Fsp3) is 0.529. The maximum Gasteiger partial charge on any atom is 0.257 e. The highest BCUT2D eigenvalue weighted by Crippen LogP contribution is 2.14. The number of benzene rings is 1. The van der Waals surface area contributed by atoms with E-state index in [2.05, 4.69) is 21.5 Å². The molecule has 0 saturated carbocycles. The van der Waals surface area contributed by atoms with Crippen molar-refractivity contribution in [3.8, 4) is 5.75 Å². The average Bonchev–Trinajstić information content (AvgIpc) is 2.69. The van der Waals surface area contributed by atoms with Crippen LogP contribution in [0.3, 0.4) is 0 Å². The van der Waals surface area contributed by atoms with Gasteiger partial charge >= 0.3 is 0 Å². The number of thiocarbonyl (C=S) groups is 1. The Morgan fingerprint density at radius 2 is 1.96 bits per heavy atom. The van der Waals surface area contributed by atoms with Crippen LogP contribution in [0.25, 0.3) is 0 Å². The quantitative estimate of drug-likeness (QED) is 0.222. The normalized spacial score (nSPS) is 14.3. The number of amides is 1. The molecule has 5 N–H and O–H groups in total. The van der Waals surface area contributed by atoms with Crippen molar-refractivity contribution < 1.29 is 19.2 Å². The van der Waals surface area contributed by atoms with Gasteiger partial charge in [0.1, 0.15) is 18.8 Å². The van der Waals surface area contributed by atoms with Gasteiger partial charge in [-0.25, -0.2) is 0 Å². The molecule has 0 aliphatic carbocycles. The predicted molar refractivity (Wildman–Crippen MR) is 104 cm³/mol. The van der Waals surface area contributed by atoms with Crippen LogP contribution in [-0.2, 0) is 9.53 Å². The van der Waals surface area contributed by atoms with Crippen LogP contribution in [0.4, 0.5) is 5.69 Å². The number of morpholine rings is 1. The second-order valence-corrected chi connectivity index (χ2v) is 6.39. The summed E-state index contributed by atoms with van der Waals surface area (Å²) in [6.07, 6.45) is 1.02. The molecule has 2 rings (SSSR count). The van der Waals surface area contributed by atoms with Crippen molar-refractivity contribution in [3.63, 3.8) is 0 Å². The van der Waals surface area contributed by atoms with Gasteiger partial charge in [-0.2, -0.15) is 0 Å². The Hall–Kier alpha value is -2.10. The summed E-state index contributed by atoms with van der Waals surface area (Å²) in [5.41, 5.74) is 6.11. The highest BCUT2D eigenvalue weighted by atomic mass is 32.1. The number of rotatable bonds is 8. The topological polar surface area (TPSA) is 88.1 Å². The van der Waals surface area contributed by atoms with Crippen molar-refractivity contribution >= 4 is 28.9 Å². The third kappa shape index (κ3) is 7.85. The molecule has 1 heterocycles. The molecule has 0 radical (unpaired) electrons. The number of nitrogens with one attached hydrogen (secondary N) is 5. The van der Waals surface area contributed by atoms with E-state index in [1.54, 1.807) is 12.0 Å². The number of hydrazine groups is 1. The molecule has 1 saturated heterocycles. The number of anilines is 1. The summed E-state index contributed by atoms with van der Waals surface area (Å²) in [6.45, 7) is 5.84. The van der Waals surface area contributed by atoms with Crippen molar-refractivity contribution in [2.45, 2.75) is 6.42 Å². The van der Waals surface area contributed by atoms with Gasteiger partial charge in [-0.3, -0.25) is 15.6 Å². The SMILES string of the molecule is COc1ccc(NCC(=O)NNC(=S)NCCC[NH+]2CCOCC2)cc1. The summed E-state index contributed by atoms with van der Waals surface area (Å²) in [5.74, 6) is 0.566. The Kier molecular flexibility index (Phi) is 8.94. The zero-order valence-electron chi connectivity index (χ0n) is 15.1. The van der Waals surface area contributed by atoms with Crippen molar-refractivity contribution in [3.05, 3.63) is 24.3 Å². The monoisotopic (exact) mass is 382 g/mol. The molecular weight excluding hydrogens is 354 g/mol. The van der Waals surface area contributed by atoms with Crippen molar-refractivity contribution in [1.82, 2.24) is 16.2 Å². The molecule has 0 bridgehead atoms. The highest BCUT2D eigenvalue weighted by Gasteiger charge is 2.12. The van der Waals surface area contributed by atoms with Crippen molar-refractivity contribution in [2.24, 2.45) is 0 Å². The van der Waals surface area contributed by atoms with Gasteiger partial charge in [0, 0.05) is 18.7 Å². The van der Waals surface area contributed by atoms with E-state index in [1.165, 1.54) is 0 Å². The van der Waals surface area contributed by atoms with E-state index < -0.39 is 0 Å². The number of carbonyl (C=O) groups is 1. The summed E-state index contributed by atoms with van der Waals surface area (Å²) in [7, 11) is 1.61. The minimum atomic E-state index is -0.206. The minimum absolute atomic E-state index is 0.141. The highest BCUT2D eigenvalue weighted by molar-refractivity contribution is 7.80. The van der Waals surface area contributed by atoms with Crippen LogP contribution in [0, 0.1) is 0 Å². The summed E-state index contributed by atoms with van der Waals surface area (Å²) in [4.78, 5) is 13.4. The van der Waals surface area contributed by atoms with Gasteiger partial charge in [0.25, 0.3) is 5.91 Å². The number of ether oxygens (including phenoxy) is 2. The standard InChI is InChI=1S/C17H27N5O3S/c1-24-15-5-3-14(4-6-15)19-13-16(23)20-21-17(26)18-7-2-8-22-9-11-25-12-10-22/h3-6,19H,2,7-13H2,1H3,(H,20,23)(H2,18,21,26)/p+1. The Labute approximate surface area is 159 Å². The Balaban J connectivity index is 1.51. The first-order chi connectivity index (χ1) is 12.7. The fourth-order valence-electron chi connectivity index (χ4n) is 2.56. The molecule has 1 aliphatic heterocycles. The molecule has 1 fully saturated rings. The third-order valence-corrected chi connectivity index (χ3v) is 4.30. The molecule has 0 atom stereocenters. The number of quaternary nitrogens is 1. The van der Waals surface area contributed by atoms with E-state index in [4.69, 9.17) is 21.7 Å². The lowest BCUT2D eigenvalue weighted by Crippen LogP contribution is -3.14. The first kappa shape index (κ1) is 20.2. The molecule has 0 unspecified atom stereocenters. The van der Waals surface area contributed by atoms with Gasteiger partial charge in [-0.05, 0) is 36.5 Å². The Morgan fingerprint density at radius 3 is 2.65 bits per heavy atom. The molecule has 0 aromatic heterocycles. The summed E-state index contributed by atoms with van der Waals surface area (Å²) in [5, 5.41) is 6.53. The number of hydrogen-bond donors (Lipinski definition) is 5. The van der Waals surface area contributed by atoms with Crippen molar-refractivity contribution in [2.75, 3.05) is 58.4 Å². The molecule has 144 valence electrons. The molecule has 0 spiro atoms. The van der Waals surface area contributed by atoms with Crippen LogP contribution in [-0.4, -0.2) is 64.1 Å². The number of hydrogen-bond acceptors (Lipinski definition) is 5. The van der Waals surface area contributed by atoms with Crippen LogP contribution in [0.5, 0.6) is 5.75 Å². The van der Waals surface area contributed by atoms with E-state index in [-0.39, 0.29) is 12.5 Å². The van der Waals surface area contributed by atoms with E-state index in [1.807, 2.05) is 24.3 Å². The molecule has 1 aromatic carbocycles.